The van der Waals surface area contributed by atoms with E-state index in [1.54, 1.807) is 34.0 Å². The minimum Gasteiger partial charge on any atom is -0.380 e. The van der Waals surface area contributed by atoms with Gasteiger partial charge >= 0.3 is 0 Å². The van der Waals surface area contributed by atoms with E-state index in [2.05, 4.69) is 9.97 Å². The van der Waals surface area contributed by atoms with Gasteiger partial charge in [0.1, 0.15) is 12.2 Å². The molecule has 0 aliphatic carbocycles. The third-order valence-corrected chi connectivity index (χ3v) is 6.01. The van der Waals surface area contributed by atoms with Gasteiger partial charge in [0.25, 0.3) is 6.43 Å². The van der Waals surface area contributed by atoms with Crippen LogP contribution in [0.4, 0.5) is 8.78 Å². The molecule has 3 aromatic rings. The molecule has 9 heteroatoms. The monoisotopic (exact) mass is 444 g/mol. The van der Waals surface area contributed by atoms with Gasteiger partial charge in [0.05, 0.1) is 36.3 Å². The number of aromatic nitrogens is 3. The van der Waals surface area contributed by atoms with Gasteiger partial charge in [-0.05, 0) is 24.3 Å². The molecule has 0 bridgehead atoms. The Bertz CT molecular complexity index is 1120. The van der Waals surface area contributed by atoms with Gasteiger partial charge in [-0.15, -0.1) is 0 Å². The van der Waals surface area contributed by atoms with E-state index in [9.17, 15) is 13.6 Å². The largest absolute Gasteiger partial charge is 0.380 e. The summed E-state index contributed by atoms with van der Waals surface area (Å²) >= 11 is 6.01. The Balaban J connectivity index is 1.50. The lowest BCUT2D eigenvalue weighted by atomic mass is 9.78. The number of alkyl halides is 2. The number of ether oxygens (including phenoxy) is 1. The summed E-state index contributed by atoms with van der Waals surface area (Å²) in [6.07, 6.45) is 0.220. The minimum atomic E-state index is -2.70. The smallest absolute Gasteiger partial charge is 0.280 e. The Morgan fingerprint density at radius 3 is 2.52 bits per heavy atom. The number of nitrogens with zero attached hydrogens (tertiary/aromatic N) is 4. The predicted molar refractivity (Wildman–Crippen MR) is 111 cm³/mol. The van der Waals surface area contributed by atoms with Gasteiger partial charge in [-0.25, -0.2) is 13.8 Å². The Hall–Kier alpha value is -2.84. The van der Waals surface area contributed by atoms with Crippen molar-refractivity contribution in [2.24, 2.45) is 5.41 Å². The lowest BCUT2D eigenvalue weighted by molar-refractivity contribution is -0.195. The highest BCUT2D eigenvalue weighted by atomic mass is 35.5. The van der Waals surface area contributed by atoms with Crippen LogP contribution in [-0.2, 0) is 16.1 Å². The molecule has 2 saturated heterocycles. The lowest BCUT2D eigenvalue weighted by Gasteiger charge is -2.54. The average molecular weight is 445 g/mol. The van der Waals surface area contributed by atoms with Crippen LogP contribution < -0.4 is 0 Å². The molecule has 160 valence electrons. The van der Waals surface area contributed by atoms with Crippen molar-refractivity contribution < 1.29 is 18.3 Å². The number of benzene rings is 1. The van der Waals surface area contributed by atoms with Gasteiger partial charge in [-0.2, -0.15) is 0 Å². The zero-order valence-corrected chi connectivity index (χ0v) is 17.2. The lowest BCUT2D eigenvalue weighted by Crippen LogP contribution is -2.67. The first-order valence-corrected chi connectivity index (χ1v) is 10.2. The summed E-state index contributed by atoms with van der Waals surface area (Å²) in [5.41, 5.74) is 2.27. The number of carbonyl (C=O) groups is 1. The molecule has 0 radical (unpaired) electrons. The zero-order chi connectivity index (χ0) is 21.6. The molecular formula is C22H19ClF2N4O2. The molecule has 31 heavy (non-hydrogen) atoms. The molecule has 0 atom stereocenters. The van der Waals surface area contributed by atoms with E-state index >= 15 is 0 Å². The number of hydrogen-bond acceptors (Lipinski definition) is 4. The average Bonchev–Trinajstić information content (AvgIpc) is 3.10. The second-order valence-corrected chi connectivity index (χ2v) is 8.53. The van der Waals surface area contributed by atoms with Crippen LogP contribution in [0.2, 0.25) is 5.02 Å². The van der Waals surface area contributed by atoms with Crippen molar-refractivity contribution in [2.75, 3.05) is 26.3 Å². The number of pyridine rings is 1. The molecule has 5 rings (SSSR count). The number of carbonyl (C=O) groups excluding carboxylic acids is 1. The topological polar surface area (TPSA) is 60.2 Å². The summed E-state index contributed by atoms with van der Waals surface area (Å²) < 4.78 is 33.5. The highest BCUT2D eigenvalue weighted by Gasteiger charge is 2.50. The fourth-order valence-corrected chi connectivity index (χ4v) is 4.22. The molecular weight excluding hydrogens is 426 g/mol. The molecule has 0 N–H and O–H groups in total. The maximum absolute atomic E-state index is 13.3. The predicted octanol–water partition coefficient (Wildman–Crippen LogP) is 4.06. The first kappa shape index (κ1) is 20.1. The van der Waals surface area contributed by atoms with Gasteiger partial charge in [-0.3, -0.25) is 9.78 Å². The van der Waals surface area contributed by atoms with Crippen LogP contribution in [0.3, 0.4) is 0 Å². The van der Waals surface area contributed by atoms with Crippen molar-refractivity contribution in [3.63, 3.8) is 0 Å². The number of imidazole rings is 1. The Morgan fingerprint density at radius 2 is 1.87 bits per heavy atom. The number of halogens is 3. The van der Waals surface area contributed by atoms with E-state index in [4.69, 9.17) is 16.3 Å². The third-order valence-electron chi connectivity index (χ3n) is 5.76. The maximum atomic E-state index is 13.3. The van der Waals surface area contributed by atoms with Crippen LogP contribution in [0.15, 0.2) is 48.9 Å². The maximum Gasteiger partial charge on any atom is 0.280 e. The highest BCUT2D eigenvalue weighted by Crippen LogP contribution is 2.38. The van der Waals surface area contributed by atoms with Gasteiger partial charge < -0.3 is 14.2 Å². The van der Waals surface area contributed by atoms with E-state index < -0.39 is 6.43 Å². The Kier molecular flexibility index (Phi) is 4.98. The van der Waals surface area contributed by atoms with Crippen molar-refractivity contribution in [1.29, 1.82) is 0 Å². The number of rotatable bonds is 5. The molecule has 1 spiro atoms. The summed E-state index contributed by atoms with van der Waals surface area (Å²) in [4.78, 5) is 22.9. The van der Waals surface area contributed by atoms with Gasteiger partial charge in [0.2, 0.25) is 5.91 Å². The molecule has 1 aromatic carbocycles. The summed E-state index contributed by atoms with van der Waals surface area (Å²) in [5, 5.41) is 0.579. The minimum absolute atomic E-state index is 0.0398. The molecule has 0 unspecified atom stereocenters. The second kappa shape index (κ2) is 7.69. The van der Waals surface area contributed by atoms with Gasteiger partial charge in [0.15, 0.2) is 0 Å². The van der Waals surface area contributed by atoms with Crippen LogP contribution in [0, 0.1) is 5.41 Å². The zero-order valence-electron chi connectivity index (χ0n) is 16.5. The molecule has 6 nitrogen and oxygen atoms in total. The number of amides is 1. The number of likely N-dealkylation sites (tertiary alicyclic amines) is 1. The SMILES string of the molecule is O=C(Cn1cnc(-c2ccc(Cl)cc2)c1-c1ccnc(C(F)F)c1)N1CC2(COC2)C1. The van der Waals surface area contributed by atoms with Crippen molar-refractivity contribution in [3.05, 3.63) is 59.6 Å². The Labute approximate surface area is 182 Å². The second-order valence-electron chi connectivity index (χ2n) is 8.09. The van der Waals surface area contributed by atoms with Crippen LogP contribution in [0.5, 0.6) is 0 Å². The highest BCUT2D eigenvalue weighted by molar-refractivity contribution is 6.30. The van der Waals surface area contributed by atoms with E-state index in [0.717, 1.165) is 5.56 Å². The summed E-state index contributed by atoms with van der Waals surface area (Å²) in [6, 6.07) is 10.1. The van der Waals surface area contributed by atoms with Crippen LogP contribution >= 0.6 is 11.6 Å². The van der Waals surface area contributed by atoms with Crippen molar-refractivity contribution in [2.45, 2.75) is 13.0 Å². The molecule has 2 aromatic heterocycles. The molecule has 4 heterocycles. The molecule has 0 saturated carbocycles. The van der Waals surface area contributed by atoms with E-state index in [1.165, 1.54) is 12.3 Å². The fourth-order valence-electron chi connectivity index (χ4n) is 4.10. The van der Waals surface area contributed by atoms with Crippen LogP contribution in [0.25, 0.3) is 22.5 Å². The van der Waals surface area contributed by atoms with E-state index in [1.807, 2.05) is 12.1 Å². The van der Waals surface area contributed by atoms with Crippen LogP contribution in [0.1, 0.15) is 12.1 Å². The molecule has 2 aliphatic heterocycles. The van der Waals surface area contributed by atoms with Crippen molar-refractivity contribution in [1.82, 2.24) is 19.4 Å². The quantitative estimate of drug-likeness (QED) is 0.595. The summed E-state index contributed by atoms with van der Waals surface area (Å²) in [7, 11) is 0. The van der Waals surface area contributed by atoms with Crippen LogP contribution in [-0.4, -0.2) is 51.6 Å². The van der Waals surface area contributed by atoms with Gasteiger partial charge in [-0.1, -0.05) is 23.7 Å². The van der Waals surface area contributed by atoms with Crippen molar-refractivity contribution in [3.8, 4) is 22.5 Å². The normalized spacial score (nSPS) is 17.0. The number of hydrogen-bond donors (Lipinski definition) is 0. The molecule has 2 fully saturated rings. The first-order chi connectivity index (χ1) is 14.9. The van der Waals surface area contributed by atoms with Crippen molar-refractivity contribution >= 4 is 17.5 Å². The summed E-state index contributed by atoms with van der Waals surface area (Å²) in [6.45, 7) is 2.83. The standard InChI is InChI=1S/C22H19ClF2N4O2/c23-16-3-1-14(2-4-16)19-20(15-5-6-26-17(7-15)21(24)25)28(13-27-19)8-18(30)29-9-22(10-29)11-31-12-22/h1-7,13,21H,8-12H2. The first-order valence-electron chi connectivity index (χ1n) is 9.85. The fraction of sp³-hybridized carbons (Fsp3) is 0.318. The third kappa shape index (κ3) is 3.70. The molecule has 2 aliphatic rings. The van der Waals surface area contributed by atoms with Gasteiger partial charge in [0, 0.05) is 35.4 Å². The summed E-state index contributed by atoms with van der Waals surface area (Å²) in [5.74, 6) is -0.0398. The molecule has 1 amide bonds. The Morgan fingerprint density at radius 1 is 1.13 bits per heavy atom. The van der Waals surface area contributed by atoms with E-state index in [-0.39, 0.29) is 23.6 Å². The van der Waals surface area contributed by atoms with E-state index in [0.29, 0.717) is 48.3 Å².